The molecule has 0 aliphatic heterocycles. The molecule has 0 aliphatic rings. The van der Waals surface area contributed by atoms with Crippen LogP contribution in [0, 0.1) is 25.2 Å². The summed E-state index contributed by atoms with van der Waals surface area (Å²) in [4.78, 5) is 0. The Labute approximate surface area is 59.7 Å². The third-order valence-electron chi connectivity index (χ3n) is 1.39. The quantitative estimate of drug-likeness (QED) is 0.545. The van der Waals surface area contributed by atoms with Crippen LogP contribution in [0.2, 0.25) is 0 Å². The molecule has 0 aromatic carbocycles. The normalized spacial score (nSPS) is 15.7. The average Bonchev–Trinajstić information content (AvgIpc) is 1.62. The van der Waals surface area contributed by atoms with Gasteiger partial charge in [0.2, 0.25) is 0 Å². The minimum Gasteiger partial charge on any atom is -0.0625 e. The molecular weight excluding hydrogens is 108 g/mol. The van der Waals surface area contributed by atoms with E-state index in [1.807, 2.05) is 0 Å². The molecule has 0 saturated carbocycles. The maximum atomic E-state index is 4.03. The van der Waals surface area contributed by atoms with Crippen molar-refractivity contribution in [1.29, 1.82) is 0 Å². The lowest BCUT2D eigenvalue weighted by Gasteiger charge is -2.21. The van der Waals surface area contributed by atoms with Crippen LogP contribution in [-0.2, 0) is 0 Å². The van der Waals surface area contributed by atoms with Gasteiger partial charge < -0.3 is 0 Å². The fourth-order valence-electron chi connectivity index (χ4n) is 1.05. The summed E-state index contributed by atoms with van der Waals surface area (Å²) in [5, 5.41) is 0. The molecule has 0 spiro atoms. The van der Waals surface area contributed by atoms with Gasteiger partial charge in [-0.1, -0.05) is 34.1 Å². The summed E-state index contributed by atoms with van der Waals surface area (Å²) in [7, 11) is 0. The lowest BCUT2D eigenvalue weighted by molar-refractivity contribution is 0.347. The van der Waals surface area contributed by atoms with E-state index in [4.69, 9.17) is 0 Å². The van der Waals surface area contributed by atoms with Gasteiger partial charge in [-0.25, -0.2) is 0 Å². The van der Waals surface area contributed by atoms with Crippen molar-refractivity contribution in [1.82, 2.24) is 0 Å². The molecule has 0 amide bonds. The maximum absolute atomic E-state index is 4.03. The molecule has 0 aromatic rings. The van der Waals surface area contributed by atoms with Crippen molar-refractivity contribution < 1.29 is 0 Å². The van der Waals surface area contributed by atoms with Crippen LogP contribution in [0.5, 0.6) is 0 Å². The van der Waals surface area contributed by atoms with Gasteiger partial charge in [0.1, 0.15) is 0 Å². The minimum atomic E-state index is 0.233. The molecule has 0 bridgehead atoms. The minimum absolute atomic E-state index is 0.233. The molecule has 0 saturated heterocycles. The van der Waals surface area contributed by atoms with Crippen molar-refractivity contribution in [3.8, 4) is 0 Å². The summed E-state index contributed by atoms with van der Waals surface area (Å²) < 4.78 is 0. The zero-order valence-electron chi connectivity index (χ0n) is 6.91. The lowest BCUT2D eigenvalue weighted by Crippen LogP contribution is -2.10. The first-order valence-electron chi connectivity index (χ1n) is 3.60. The van der Waals surface area contributed by atoms with Gasteiger partial charge in [0, 0.05) is 0 Å². The molecule has 0 heterocycles. The van der Waals surface area contributed by atoms with Crippen LogP contribution in [0.25, 0.3) is 0 Å². The molecule has 1 atom stereocenters. The molecule has 1 unspecified atom stereocenters. The second kappa shape index (κ2) is 3.24. The van der Waals surface area contributed by atoms with Crippen molar-refractivity contribution in [2.75, 3.05) is 0 Å². The van der Waals surface area contributed by atoms with Crippen molar-refractivity contribution in [2.45, 2.75) is 33.6 Å². The molecule has 0 aliphatic carbocycles. The third-order valence-corrected chi connectivity index (χ3v) is 1.39. The molecule has 0 fully saturated rings. The number of rotatable bonds is 3. The second-order valence-electron chi connectivity index (χ2n) is 3.76. The van der Waals surface area contributed by atoms with E-state index in [0.29, 0.717) is 0 Å². The van der Waals surface area contributed by atoms with Crippen LogP contribution >= 0.6 is 0 Å². The highest BCUT2D eigenvalue weighted by molar-refractivity contribution is 4.73. The lowest BCUT2D eigenvalue weighted by atomic mass is 9.84. The van der Waals surface area contributed by atoms with Gasteiger partial charge in [0.25, 0.3) is 0 Å². The van der Waals surface area contributed by atoms with E-state index in [2.05, 4.69) is 34.6 Å². The summed E-state index contributed by atoms with van der Waals surface area (Å²) in [5.41, 5.74) is 0.233. The first-order valence-corrected chi connectivity index (χ1v) is 3.60. The van der Waals surface area contributed by atoms with E-state index in [0.717, 1.165) is 12.3 Å². The van der Waals surface area contributed by atoms with E-state index in [1.165, 1.54) is 6.42 Å². The Bertz CT molecular complexity index is 66.6. The zero-order valence-corrected chi connectivity index (χ0v) is 6.91. The van der Waals surface area contributed by atoms with Gasteiger partial charge in [0.05, 0.1) is 0 Å². The van der Waals surface area contributed by atoms with Crippen LogP contribution in [0.1, 0.15) is 33.6 Å². The average molecular weight is 126 g/mol. The van der Waals surface area contributed by atoms with E-state index in [1.54, 1.807) is 0 Å². The Kier molecular flexibility index (Phi) is 3.24. The van der Waals surface area contributed by atoms with Crippen molar-refractivity contribution in [3.63, 3.8) is 0 Å². The molecule has 54 valence electrons. The van der Waals surface area contributed by atoms with Crippen LogP contribution < -0.4 is 0 Å². The van der Waals surface area contributed by atoms with Crippen molar-refractivity contribution >= 4 is 0 Å². The SMILES string of the molecule is [CH2]CC(C)CC([CH2])(C)C. The first kappa shape index (κ1) is 9.00. The monoisotopic (exact) mass is 126 g/mol. The van der Waals surface area contributed by atoms with Gasteiger partial charge in [-0.3, -0.25) is 0 Å². The van der Waals surface area contributed by atoms with Crippen LogP contribution in [0.4, 0.5) is 0 Å². The predicted molar refractivity (Wildman–Crippen MR) is 42.9 cm³/mol. The Hall–Kier alpha value is 0. The van der Waals surface area contributed by atoms with E-state index in [9.17, 15) is 0 Å². The highest BCUT2D eigenvalue weighted by atomic mass is 14.2. The highest BCUT2D eigenvalue weighted by Crippen LogP contribution is 2.24. The van der Waals surface area contributed by atoms with E-state index < -0.39 is 0 Å². The van der Waals surface area contributed by atoms with Gasteiger partial charge in [-0.15, -0.1) is 0 Å². The summed E-state index contributed by atoms with van der Waals surface area (Å²) in [5.74, 6) is 0.720. The smallest absolute Gasteiger partial charge is 0.0351 e. The molecule has 0 nitrogen and oxygen atoms in total. The Morgan fingerprint density at radius 1 is 1.44 bits per heavy atom. The Morgan fingerprint density at radius 2 is 1.89 bits per heavy atom. The summed E-state index contributed by atoms with van der Waals surface area (Å²) in [6.07, 6.45) is 2.20. The van der Waals surface area contributed by atoms with E-state index in [-0.39, 0.29) is 5.41 Å². The Balaban J connectivity index is 3.47. The van der Waals surface area contributed by atoms with Gasteiger partial charge in [-0.05, 0) is 24.7 Å². The fraction of sp³-hybridized carbons (Fsp3) is 0.778. The maximum Gasteiger partial charge on any atom is -0.0351 e. The molecule has 0 heteroatoms. The molecule has 9 heavy (non-hydrogen) atoms. The molecule has 2 radical (unpaired) electrons. The largest absolute Gasteiger partial charge is 0.0625 e. The fourth-order valence-corrected chi connectivity index (χ4v) is 1.05. The summed E-state index contributed by atoms with van der Waals surface area (Å²) in [6.45, 7) is 14.4. The first-order chi connectivity index (χ1) is 3.95. The highest BCUT2D eigenvalue weighted by Gasteiger charge is 2.13. The molecule has 0 aromatic heterocycles. The number of hydrogen-bond donors (Lipinski definition) is 0. The summed E-state index contributed by atoms with van der Waals surface area (Å²) in [6, 6.07) is 0. The van der Waals surface area contributed by atoms with Crippen LogP contribution in [0.15, 0.2) is 0 Å². The number of hydrogen-bond acceptors (Lipinski definition) is 0. The van der Waals surface area contributed by atoms with Crippen molar-refractivity contribution in [2.24, 2.45) is 11.3 Å². The Morgan fingerprint density at radius 3 is 2.00 bits per heavy atom. The third kappa shape index (κ3) is 5.88. The van der Waals surface area contributed by atoms with Gasteiger partial charge in [-0.2, -0.15) is 0 Å². The molecule has 0 rings (SSSR count). The topological polar surface area (TPSA) is 0 Å². The zero-order chi connectivity index (χ0) is 7.49. The standard InChI is InChI=1S/C9H18/c1-6-8(2)7-9(3,4)5/h8H,1,3,6-7H2,2,4-5H3. The van der Waals surface area contributed by atoms with Crippen molar-refractivity contribution in [3.05, 3.63) is 13.8 Å². The van der Waals surface area contributed by atoms with E-state index >= 15 is 0 Å². The van der Waals surface area contributed by atoms with Crippen LogP contribution in [0.3, 0.4) is 0 Å². The van der Waals surface area contributed by atoms with Gasteiger partial charge in [0.15, 0.2) is 0 Å². The van der Waals surface area contributed by atoms with Gasteiger partial charge >= 0.3 is 0 Å². The predicted octanol–water partition coefficient (Wildman–Crippen LogP) is 3.10. The molecular formula is C9H18. The van der Waals surface area contributed by atoms with Crippen LogP contribution in [-0.4, -0.2) is 0 Å². The molecule has 0 N–H and O–H groups in total. The summed E-state index contributed by atoms with van der Waals surface area (Å²) >= 11 is 0. The second-order valence-corrected chi connectivity index (χ2v) is 3.76.